The van der Waals surface area contributed by atoms with Crippen molar-refractivity contribution < 1.29 is 80.6 Å². The van der Waals surface area contributed by atoms with Crippen LogP contribution >= 0.6 is 0 Å². The van der Waals surface area contributed by atoms with Crippen molar-refractivity contribution in [1.29, 1.82) is 10.8 Å². The summed E-state index contributed by atoms with van der Waals surface area (Å²) in [6.07, 6.45) is -20.0. The molecule has 0 aromatic rings. The maximum Gasteiger partial charge on any atom is 0.460 e. The fraction of sp³-hybridized carbons (Fsp3) is 0.696. The summed E-state index contributed by atoms with van der Waals surface area (Å²) in [7, 11) is 0. The average molecular weight is 656 g/mol. The molecular weight excluding hydrogens is 634 g/mol. The number of hydrogen-bond acceptors (Lipinski definition) is 6. The van der Waals surface area contributed by atoms with E-state index < -0.39 is 107 Å². The third-order valence-corrected chi connectivity index (χ3v) is 6.11. The number of alkyl halides is 14. The molecule has 0 atom stereocenters. The largest absolute Gasteiger partial charge is 0.460 e. The van der Waals surface area contributed by atoms with Crippen molar-refractivity contribution in [2.45, 2.75) is 89.4 Å². The van der Waals surface area contributed by atoms with Crippen LogP contribution in [0.5, 0.6) is 0 Å². The molecule has 0 fully saturated rings. The second-order valence-corrected chi connectivity index (χ2v) is 10.5. The van der Waals surface area contributed by atoms with E-state index in [0.717, 1.165) is 27.7 Å². The van der Waals surface area contributed by atoms with Crippen LogP contribution in [-0.4, -0.2) is 70.8 Å². The smallest absolute Gasteiger partial charge is 0.304 e. The lowest BCUT2D eigenvalue weighted by Gasteiger charge is -2.30. The third-order valence-electron chi connectivity index (χ3n) is 6.11. The number of allylic oxidation sites excluding steroid dienone is 1. The van der Waals surface area contributed by atoms with E-state index in [1.165, 1.54) is 0 Å². The third kappa shape index (κ3) is 8.06. The Balaban J connectivity index is 5.78. The first-order valence-electron chi connectivity index (χ1n) is 11.3. The summed E-state index contributed by atoms with van der Waals surface area (Å²) in [5.74, 6) is -34.5. The van der Waals surface area contributed by atoms with Crippen molar-refractivity contribution in [2.75, 3.05) is 0 Å². The van der Waals surface area contributed by atoms with Gasteiger partial charge in [-0.1, -0.05) is 27.7 Å². The highest BCUT2D eigenvalue weighted by Crippen LogP contribution is 2.49. The van der Waals surface area contributed by atoms with E-state index in [-0.39, 0.29) is 0 Å². The molecule has 2 N–H and O–H groups in total. The van der Waals surface area contributed by atoms with Gasteiger partial charge in [0.25, 0.3) is 0 Å². The van der Waals surface area contributed by atoms with E-state index >= 15 is 0 Å². The summed E-state index contributed by atoms with van der Waals surface area (Å²) < 4.78 is 181. The molecule has 246 valence electrons. The summed E-state index contributed by atoms with van der Waals surface area (Å²) in [5.41, 5.74) is -5.94. The monoisotopic (exact) mass is 656 g/mol. The van der Waals surface area contributed by atoms with Gasteiger partial charge in [0, 0.05) is 28.5 Å². The Morgan fingerprint density at radius 1 is 0.535 bits per heavy atom. The van der Waals surface area contributed by atoms with Crippen molar-refractivity contribution in [3.8, 4) is 0 Å². The van der Waals surface area contributed by atoms with Crippen LogP contribution in [0.1, 0.15) is 53.4 Å². The number of carbonyl (C=O) groups excluding carboxylic acids is 4. The number of Topliss-reactive ketones (excluding diaryl/α,β-unsaturated/α-hetero) is 4. The van der Waals surface area contributed by atoms with Gasteiger partial charge in [0.15, 0.2) is 0 Å². The minimum absolute atomic E-state index is 0.709. The van der Waals surface area contributed by atoms with Crippen LogP contribution < -0.4 is 0 Å². The van der Waals surface area contributed by atoms with E-state index in [9.17, 15) is 80.6 Å². The van der Waals surface area contributed by atoms with Gasteiger partial charge < -0.3 is 5.41 Å². The summed E-state index contributed by atoms with van der Waals surface area (Å²) in [4.78, 5) is 47.8. The Labute approximate surface area is 232 Å². The molecule has 0 saturated carbocycles. The summed E-state index contributed by atoms with van der Waals surface area (Å²) in [5, 5.41) is 15.3. The highest BCUT2D eigenvalue weighted by molar-refractivity contribution is 6.11. The van der Waals surface area contributed by atoms with Crippen molar-refractivity contribution >= 4 is 34.7 Å². The van der Waals surface area contributed by atoms with E-state index in [1.807, 2.05) is 0 Å². The summed E-state index contributed by atoms with van der Waals surface area (Å²) in [6, 6.07) is 0. The van der Waals surface area contributed by atoms with Gasteiger partial charge >= 0.3 is 36.0 Å². The van der Waals surface area contributed by atoms with E-state index in [4.69, 9.17) is 10.8 Å². The van der Waals surface area contributed by atoms with E-state index in [0.29, 0.717) is 0 Å². The van der Waals surface area contributed by atoms with Crippen molar-refractivity contribution in [1.82, 2.24) is 0 Å². The van der Waals surface area contributed by atoms with Gasteiger partial charge in [-0.2, -0.15) is 61.5 Å². The minimum Gasteiger partial charge on any atom is -0.304 e. The fourth-order valence-electron chi connectivity index (χ4n) is 3.11. The van der Waals surface area contributed by atoms with Gasteiger partial charge in [0.05, 0.1) is 12.8 Å². The van der Waals surface area contributed by atoms with Gasteiger partial charge in [-0.3, -0.25) is 24.6 Å². The van der Waals surface area contributed by atoms with Crippen molar-refractivity contribution in [2.24, 2.45) is 10.8 Å². The van der Waals surface area contributed by atoms with Crippen LogP contribution in [0.3, 0.4) is 0 Å². The molecule has 0 aromatic carbocycles. The number of halogens is 14. The molecule has 20 heteroatoms. The lowest BCUT2D eigenvalue weighted by molar-refractivity contribution is -0.343. The molecule has 0 amide bonds. The predicted octanol–water partition coefficient (Wildman–Crippen LogP) is 6.74. The Morgan fingerprint density at radius 2 is 0.814 bits per heavy atom. The number of rotatable bonds is 15. The lowest BCUT2D eigenvalue weighted by atomic mass is 9.75. The van der Waals surface area contributed by atoms with E-state index in [1.54, 1.807) is 5.87 Å². The number of hydrogen-bond donors (Lipinski definition) is 2. The quantitative estimate of drug-likeness (QED) is 0.116. The van der Waals surface area contributed by atoms with Crippen molar-refractivity contribution in [3.05, 3.63) is 5.57 Å². The second-order valence-electron chi connectivity index (χ2n) is 10.5. The Kier molecular flexibility index (Phi) is 11.2. The molecule has 0 aliphatic carbocycles. The molecule has 0 aliphatic heterocycles. The normalized spacial score (nSPS) is 14.2. The van der Waals surface area contributed by atoms with Gasteiger partial charge in [-0.25, -0.2) is 0 Å². The Bertz CT molecular complexity index is 1210. The second kappa shape index (κ2) is 12.1. The molecule has 43 heavy (non-hydrogen) atoms. The van der Waals surface area contributed by atoms with E-state index in [2.05, 4.69) is 0 Å². The Morgan fingerprint density at radius 3 is 1.07 bits per heavy atom. The van der Waals surface area contributed by atoms with Gasteiger partial charge in [0.2, 0.25) is 11.6 Å². The van der Waals surface area contributed by atoms with Crippen LogP contribution in [0.2, 0.25) is 0 Å². The predicted molar refractivity (Wildman–Crippen MR) is 117 cm³/mol. The zero-order valence-electron chi connectivity index (χ0n) is 22.3. The maximum absolute atomic E-state index is 13.6. The first kappa shape index (κ1) is 39.8. The zero-order valence-corrected chi connectivity index (χ0v) is 22.3. The minimum atomic E-state index is -6.88. The number of nitrogens with one attached hydrogen (secondary N) is 2. The molecule has 0 aliphatic rings. The SMILES string of the molecule is CC(C)(CC(=N)C(=C=N)CC(C)(C)C(=O)CC(=O)C(F)(F)C(F)(F)C(F)(F)F)C(=O)CC(=O)C(F)(F)C(F)(F)C(F)(F)F. The Hall–Kier alpha value is -3.18. The van der Waals surface area contributed by atoms with Crippen LogP contribution in [0, 0.1) is 21.6 Å². The lowest BCUT2D eigenvalue weighted by Crippen LogP contribution is -2.56. The van der Waals surface area contributed by atoms with Crippen LogP contribution in [0.4, 0.5) is 61.5 Å². The van der Waals surface area contributed by atoms with Crippen LogP contribution in [0.15, 0.2) is 5.57 Å². The molecule has 0 rings (SSSR count). The molecule has 0 aromatic heterocycles. The molecule has 0 unspecified atom stereocenters. The molecule has 0 spiro atoms. The highest BCUT2D eigenvalue weighted by atomic mass is 19.4. The van der Waals surface area contributed by atoms with Gasteiger partial charge in [-0.15, -0.1) is 0 Å². The maximum atomic E-state index is 13.6. The van der Waals surface area contributed by atoms with Crippen LogP contribution in [0.25, 0.3) is 0 Å². The molecule has 0 bridgehead atoms. The number of ketones is 4. The standard InChI is InChI=1S/C23H22F14N2O4/c1-16(2,12(40)5-14(42)18(24,25)20(28,29)22(32,33)34)7-10(9-38)11(39)8-17(3,4)13(41)6-15(43)19(26,27)21(30,31)23(35,36)37/h38-39H,5-8H2,1-4H3. The first-order valence-corrected chi connectivity index (χ1v) is 11.3. The average Bonchev–Trinajstić information content (AvgIpc) is 2.79. The molecule has 6 nitrogen and oxygen atoms in total. The van der Waals surface area contributed by atoms with Crippen LogP contribution in [-0.2, 0) is 19.2 Å². The summed E-state index contributed by atoms with van der Waals surface area (Å²) >= 11 is 0. The fourth-order valence-corrected chi connectivity index (χ4v) is 3.11. The molecule has 0 saturated heterocycles. The summed E-state index contributed by atoms with van der Waals surface area (Å²) in [6.45, 7) is 3.28. The number of carbonyl (C=O) groups is 4. The molecular formula is C23H22F14N2O4. The topological polar surface area (TPSA) is 116 Å². The van der Waals surface area contributed by atoms with Gasteiger partial charge in [-0.05, 0) is 12.3 Å². The molecule has 0 heterocycles. The zero-order chi connectivity index (χ0) is 35.0. The van der Waals surface area contributed by atoms with Crippen molar-refractivity contribution in [3.63, 3.8) is 0 Å². The van der Waals surface area contributed by atoms with Gasteiger partial charge in [0.1, 0.15) is 11.6 Å². The first-order chi connectivity index (χ1) is 18.6. The molecule has 0 radical (unpaired) electrons. The highest BCUT2D eigenvalue weighted by Gasteiger charge is 2.77.